The number of hydrogen-bond acceptors (Lipinski definition) is 5. The van der Waals surface area contributed by atoms with Crippen LogP contribution in [0.25, 0.3) is 11.3 Å². The van der Waals surface area contributed by atoms with E-state index in [1.165, 1.54) is 0 Å². The van der Waals surface area contributed by atoms with Gasteiger partial charge in [-0.1, -0.05) is 18.2 Å². The van der Waals surface area contributed by atoms with Crippen LogP contribution in [-0.2, 0) is 0 Å². The largest absolute Gasteiger partial charge is 0.488 e. The van der Waals surface area contributed by atoms with E-state index >= 15 is 0 Å². The lowest BCUT2D eigenvalue weighted by Gasteiger charge is -2.18. The summed E-state index contributed by atoms with van der Waals surface area (Å²) in [6.45, 7) is 1.28. The van der Waals surface area contributed by atoms with E-state index in [2.05, 4.69) is 15.5 Å². The Balaban J connectivity index is 2.09. The number of anilines is 1. The smallest absolute Gasteiger partial charge is 0.317 e. The van der Waals surface area contributed by atoms with E-state index in [9.17, 15) is 9.70 Å². The molecule has 1 aliphatic heterocycles. The molecule has 0 aliphatic carbocycles. The summed E-state index contributed by atoms with van der Waals surface area (Å²) in [6.07, 6.45) is 0. The third kappa shape index (κ3) is 2.11. The van der Waals surface area contributed by atoms with E-state index in [0.29, 0.717) is 36.0 Å². The van der Waals surface area contributed by atoms with Crippen molar-refractivity contribution in [2.45, 2.75) is 0 Å². The number of nitrogens with one attached hydrogen (secondary N) is 1. The van der Waals surface area contributed by atoms with Gasteiger partial charge in [-0.25, -0.2) is 4.98 Å². The number of pyridine rings is 1. The Morgan fingerprint density at radius 1 is 1.25 bits per heavy atom. The Labute approximate surface area is 114 Å². The highest BCUT2D eigenvalue weighted by Gasteiger charge is 2.16. The van der Waals surface area contributed by atoms with Gasteiger partial charge in [0.25, 0.3) is 0 Å². The molecular formula is C14H11N3O3. The van der Waals surface area contributed by atoms with E-state index < -0.39 is 5.91 Å². The molecule has 3 rings (SSSR count). The Hall–Kier alpha value is -2.76. The normalized spacial score (nSPS) is 12.8. The number of nitroso groups, excluding NO2 is 1. The molecule has 1 aromatic heterocycles. The fourth-order valence-corrected chi connectivity index (χ4v) is 2.11. The molecule has 0 radical (unpaired) electrons. The first kappa shape index (κ1) is 12.3. The van der Waals surface area contributed by atoms with Crippen molar-refractivity contribution < 1.29 is 9.53 Å². The second-order valence-corrected chi connectivity index (χ2v) is 4.26. The third-order valence-electron chi connectivity index (χ3n) is 3.03. The monoisotopic (exact) mass is 269 g/mol. The van der Waals surface area contributed by atoms with Gasteiger partial charge in [-0.2, -0.15) is 0 Å². The summed E-state index contributed by atoms with van der Waals surface area (Å²) in [5, 5.41) is 5.60. The molecule has 100 valence electrons. The molecule has 1 N–H and O–H groups in total. The van der Waals surface area contributed by atoms with Gasteiger partial charge in [0.2, 0.25) is 0 Å². The lowest BCUT2D eigenvalue weighted by atomic mass is 10.0. The average Bonchev–Trinajstić information content (AvgIpc) is 2.53. The van der Waals surface area contributed by atoms with Crippen molar-refractivity contribution in [2.75, 3.05) is 18.5 Å². The van der Waals surface area contributed by atoms with Crippen LogP contribution in [0.1, 0.15) is 10.4 Å². The third-order valence-corrected chi connectivity index (χ3v) is 3.03. The van der Waals surface area contributed by atoms with Gasteiger partial charge in [-0.05, 0) is 18.2 Å². The standard InChI is InChI=1S/C14H11N3O3/c18-14(17-19)10-4-2-1-3-9(10)11-5-6-12-13(16-11)15-7-8-20-12/h1-6H,7-8H2,(H,15,16). The molecule has 0 fully saturated rings. The second-order valence-electron chi connectivity index (χ2n) is 4.26. The molecule has 0 spiro atoms. The summed E-state index contributed by atoms with van der Waals surface area (Å²) < 4.78 is 5.45. The number of ether oxygens (including phenoxy) is 1. The van der Waals surface area contributed by atoms with E-state index in [4.69, 9.17) is 4.74 Å². The number of fused-ring (bicyclic) bond motifs is 1. The molecular weight excluding hydrogens is 258 g/mol. The maximum Gasteiger partial charge on any atom is 0.317 e. The van der Waals surface area contributed by atoms with Crippen molar-refractivity contribution in [3.8, 4) is 17.0 Å². The SMILES string of the molecule is O=NC(=O)c1ccccc1-c1ccc2c(n1)NCCO2. The number of carbonyl (C=O) groups excluding carboxylic acids is 1. The van der Waals surface area contributed by atoms with Crippen LogP contribution in [0.5, 0.6) is 5.75 Å². The molecule has 0 bridgehead atoms. The summed E-state index contributed by atoms with van der Waals surface area (Å²) in [5.41, 5.74) is 1.41. The van der Waals surface area contributed by atoms with Crippen molar-refractivity contribution in [3.63, 3.8) is 0 Å². The summed E-state index contributed by atoms with van der Waals surface area (Å²) in [7, 11) is 0. The summed E-state index contributed by atoms with van der Waals surface area (Å²) in [6, 6.07) is 10.3. The molecule has 2 aromatic rings. The molecule has 2 heterocycles. The van der Waals surface area contributed by atoms with E-state index in [1.807, 2.05) is 0 Å². The van der Waals surface area contributed by atoms with Crippen LogP contribution in [0.15, 0.2) is 41.6 Å². The van der Waals surface area contributed by atoms with E-state index in [0.717, 1.165) is 0 Å². The molecule has 1 aromatic carbocycles. The van der Waals surface area contributed by atoms with Crippen molar-refractivity contribution in [1.82, 2.24) is 4.98 Å². The van der Waals surface area contributed by atoms with Gasteiger partial charge >= 0.3 is 5.91 Å². The van der Waals surface area contributed by atoms with Gasteiger partial charge in [0.05, 0.1) is 17.8 Å². The van der Waals surface area contributed by atoms with E-state index in [-0.39, 0.29) is 5.56 Å². The quantitative estimate of drug-likeness (QED) is 0.847. The minimum absolute atomic E-state index is 0.242. The predicted molar refractivity (Wildman–Crippen MR) is 73.8 cm³/mol. The molecule has 6 heteroatoms. The Bertz CT molecular complexity index is 685. The zero-order valence-electron chi connectivity index (χ0n) is 10.5. The molecule has 20 heavy (non-hydrogen) atoms. The number of hydrogen-bond donors (Lipinski definition) is 1. The maximum absolute atomic E-state index is 11.5. The number of amides is 1. The van der Waals surface area contributed by atoms with Gasteiger partial charge in [-0.15, -0.1) is 4.91 Å². The highest BCUT2D eigenvalue weighted by Crippen LogP contribution is 2.30. The zero-order valence-corrected chi connectivity index (χ0v) is 10.5. The Morgan fingerprint density at radius 3 is 2.95 bits per heavy atom. The van der Waals surface area contributed by atoms with Crippen molar-refractivity contribution >= 4 is 11.7 Å². The Kier molecular flexibility index (Phi) is 3.12. The average molecular weight is 269 g/mol. The fraction of sp³-hybridized carbons (Fsp3) is 0.143. The lowest BCUT2D eigenvalue weighted by molar-refractivity contribution is 0.100. The Morgan fingerprint density at radius 2 is 2.10 bits per heavy atom. The first-order chi connectivity index (χ1) is 9.79. The minimum atomic E-state index is -0.802. The van der Waals surface area contributed by atoms with Crippen molar-refractivity contribution in [1.29, 1.82) is 0 Å². The van der Waals surface area contributed by atoms with Crippen molar-refractivity contribution in [2.24, 2.45) is 5.18 Å². The first-order valence-electron chi connectivity index (χ1n) is 6.14. The van der Waals surface area contributed by atoms with Crippen LogP contribution in [0.3, 0.4) is 0 Å². The number of rotatable bonds is 2. The summed E-state index contributed by atoms with van der Waals surface area (Å²) >= 11 is 0. The zero-order chi connectivity index (χ0) is 13.9. The molecule has 0 atom stereocenters. The fourth-order valence-electron chi connectivity index (χ4n) is 2.11. The van der Waals surface area contributed by atoms with Gasteiger partial charge in [0, 0.05) is 10.7 Å². The number of carbonyl (C=O) groups is 1. The first-order valence-corrected chi connectivity index (χ1v) is 6.14. The highest BCUT2D eigenvalue weighted by molar-refractivity contribution is 6.01. The molecule has 6 nitrogen and oxygen atoms in total. The summed E-state index contributed by atoms with van der Waals surface area (Å²) in [4.78, 5) is 26.4. The van der Waals surface area contributed by atoms with Gasteiger partial charge in [-0.3, -0.25) is 4.79 Å². The minimum Gasteiger partial charge on any atom is -0.488 e. The molecule has 0 unspecified atom stereocenters. The molecule has 1 amide bonds. The van der Waals surface area contributed by atoms with Crippen LogP contribution < -0.4 is 10.1 Å². The van der Waals surface area contributed by atoms with Crippen LogP contribution in [0, 0.1) is 4.91 Å². The predicted octanol–water partition coefficient (Wildman–Crippen LogP) is 2.46. The van der Waals surface area contributed by atoms with Crippen molar-refractivity contribution in [3.05, 3.63) is 46.9 Å². The van der Waals surface area contributed by atoms with Crippen LogP contribution in [-0.4, -0.2) is 24.0 Å². The topological polar surface area (TPSA) is 80.7 Å². The van der Waals surface area contributed by atoms with Gasteiger partial charge in [0.15, 0.2) is 11.6 Å². The van der Waals surface area contributed by atoms with Crippen LogP contribution in [0.4, 0.5) is 5.82 Å². The molecule has 1 aliphatic rings. The van der Waals surface area contributed by atoms with E-state index in [1.54, 1.807) is 36.4 Å². The number of nitrogens with zero attached hydrogens (tertiary/aromatic N) is 2. The number of aromatic nitrogens is 1. The second kappa shape index (κ2) is 5.08. The summed E-state index contributed by atoms with van der Waals surface area (Å²) in [5.74, 6) is 0.511. The molecule has 0 saturated heterocycles. The van der Waals surface area contributed by atoms with Crippen LogP contribution >= 0.6 is 0 Å². The number of benzene rings is 1. The maximum atomic E-state index is 11.5. The molecule has 0 saturated carbocycles. The highest BCUT2D eigenvalue weighted by atomic mass is 16.5. The van der Waals surface area contributed by atoms with Gasteiger partial charge < -0.3 is 10.1 Å². The lowest BCUT2D eigenvalue weighted by Crippen LogP contribution is -2.19. The van der Waals surface area contributed by atoms with Crippen LogP contribution in [0.2, 0.25) is 0 Å². The van der Waals surface area contributed by atoms with Gasteiger partial charge in [0.1, 0.15) is 6.61 Å².